The molecule has 2 aromatic rings. The summed E-state index contributed by atoms with van der Waals surface area (Å²) in [5.41, 5.74) is 4.35. The lowest BCUT2D eigenvalue weighted by molar-refractivity contribution is 0.0947. The lowest BCUT2D eigenvalue weighted by Gasteiger charge is -2.14. The Balaban J connectivity index is 1.76. The van der Waals surface area contributed by atoms with Gasteiger partial charge in [-0.15, -0.1) is 0 Å². The van der Waals surface area contributed by atoms with E-state index in [1.165, 1.54) is 31.8 Å². The molecule has 0 saturated heterocycles. The van der Waals surface area contributed by atoms with Crippen LogP contribution >= 0.6 is 0 Å². The number of benzene rings is 2. The number of amides is 1. The van der Waals surface area contributed by atoms with Crippen molar-refractivity contribution in [2.45, 2.75) is 25.8 Å². The number of hydrogen-bond donors (Lipinski definition) is 1. The Kier molecular flexibility index (Phi) is 5.12. The topological polar surface area (TPSA) is 56.8 Å². The molecule has 0 spiro atoms. The number of ether oxygens (including phenoxy) is 3. The van der Waals surface area contributed by atoms with E-state index >= 15 is 0 Å². The van der Waals surface area contributed by atoms with Crippen LogP contribution in [-0.4, -0.2) is 27.2 Å². The van der Waals surface area contributed by atoms with Crippen LogP contribution in [0.25, 0.3) is 0 Å². The first-order valence-electron chi connectivity index (χ1n) is 8.35. The molecule has 1 amide bonds. The summed E-state index contributed by atoms with van der Waals surface area (Å²) in [4.78, 5) is 12.6. The van der Waals surface area contributed by atoms with Gasteiger partial charge in [-0.3, -0.25) is 4.79 Å². The van der Waals surface area contributed by atoms with Crippen molar-refractivity contribution in [3.63, 3.8) is 0 Å². The van der Waals surface area contributed by atoms with E-state index in [-0.39, 0.29) is 5.91 Å². The smallest absolute Gasteiger partial charge is 0.255 e. The van der Waals surface area contributed by atoms with Gasteiger partial charge in [-0.2, -0.15) is 0 Å². The van der Waals surface area contributed by atoms with Crippen LogP contribution in [0.2, 0.25) is 0 Å². The Hall–Kier alpha value is -2.69. The predicted molar refractivity (Wildman–Crippen MR) is 95.7 cm³/mol. The average molecular weight is 341 g/mol. The molecule has 0 bridgehead atoms. The van der Waals surface area contributed by atoms with Gasteiger partial charge in [0, 0.05) is 18.7 Å². The first-order chi connectivity index (χ1) is 12.2. The fraction of sp³-hybridized carbons (Fsp3) is 0.350. The molecule has 5 nitrogen and oxygen atoms in total. The number of nitrogens with one attached hydrogen (secondary N) is 1. The molecule has 2 aromatic carbocycles. The average Bonchev–Trinajstić information content (AvgIpc) is 3.12. The fourth-order valence-electron chi connectivity index (χ4n) is 3.22. The zero-order valence-electron chi connectivity index (χ0n) is 14.8. The standard InChI is InChI=1S/C20H23NO4/c1-23-17-11-19(25-3)18(24-2)10-16(17)20(22)21-12-13-7-8-14-5-4-6-15(14)9-13/h7-11H,4-6,12H2,1-3H3,(H,21,22). The van der Waals surface area contributed by atoms with Gasteiger partial charge in [0.25, 0.3) is 5.91 Å². The van der Waals surface area contributed by atoms with Crippen LogP contribution in [0.4, 0.5) is 0 Å². The third-order valence-electron chi connectivity index (χ3n) is 4.57. The first-order valence-corrected chi connectivity index (χ1v) is 8.35. The highest BCUT2D eigenvalue weighted by Gasteiger charge is 2.18. The molecule has 0 atom stereocenters. The second kappa shape index (κ2) is 7.47. The molecule has 5 heteroatoms. The summed E-state index contributed by atoms with van der Waals surface area (Å²) in [5.74, 6) is 1.25. The monoisotopic (exact) mass is 341 g/mol. The molecular weight excluding hydrogens is 318 g/mol. The maximum absolute atomic E-state index is 12.6. The molecule has 1 aliphatic rings. The molecule has 132 valence electrons. The third-order valence-corrected chi connectivity index (χ3v) is 4.57. The minimum Gasteiger partial charge on any atom is -0.496 e. The molecule has 0 aromatic heterocycles. The zero-order chi connectivity index (χ0) is 17.8. The molecule has 0 fully saturated rings. The minimum atomic E-state index is -0.210. The third kappa shape index (κ3) is 3.55. The van der Waals surface area contributed by atoms with Gasteiger partial charge in [0.05, 0.1) is 26.9 Å². The van der Waals surface area contributed by atoms with Crippen molar-refractivity contribution in [2.75, 3.05) is 21.3 Å². The number of methoxy groups -OCH3 is 3. The summed E-state index contributed by atoms with van der Waals surface area (Å²) in [6.45, 7) is 0.476. The number of aryl methyl sites for hydroxylation is 2. The maximum Gasteiger partial charge on any atom is 0.255 e. The highest BCUT2D eigenvalue weighted by atomic mass is 16.5. The summed E-state index contributed by atoms with van der Waals surface area (Å²) in [6.07, 6.45) is 3.50. The van der Waals surface area contributed by atoms with E-state index in [1.54, 1.807) is 19.2 Å². The van der Waals surface area contributed by atoms with E-state index in [4.69, 9.17) is 14.2 Å². The number of hydrogen-bond acceptors (Lipinski definition) is 4. The van der Waals surface area contributed by atoms with Gasteiger partial charge in [-0.25, -0.2) is 0 Å². The maximum atomic E-state index is 12.6. The summed E-state index contributed by atoms with van der Waals surface area (Å²) in [5, 5.41) is 2.95. The van der Waals surface area contributed by atoms with E-state index in [9.17, 15) is 4.79 Å². The molecule has 1 N–H and O–H groups in total. The summed E-state index contributed by atoms with van der Waals surface area (Å²) >= 11 is 0. The zero-order valence-corrected chi connectivity index (χ0v) is 14.8. The van der Waals surface area contributed by atoms with E-state index < -0.39 is 0 Å². The second-order valence-electron chi connectivity index (χ2n) is 6.05. The Morgan fingerprint density at radius 3 is 2.32 bits per heavy atom. The predicted octanol–water partition coefficient (Wildman–Crippen LogP) is 3.13. The number of rotatable bonds is 6. The van der Waals surface area contributed by atoms with E-state index in [1.807, 2.05) is 0 Å². The van der Waals surface area contributed by atoms with Crippen LogP contribution in [-0.2, 0) is 19.4 Å². The molecule has 3 rings (SSSR count). The van der Waals surface area contributed by atoms with Gasteiger partial charge in [0.2, 0.25) is 0 Å². The lowest BCUT2D eigenvalue weighted by Crippen LogP contribution is -2.23. The summed E-state index contributed by atoms with van der Waals surface area (Å²) in [6, 6.07) is 9.73. The number of fused-ring (bicyclic) bond motifs is 1. The van der Waals surface area contributed by atoms with Crippen LogP contribution in [0.3, 0.4) is 0 Å². The number of carbonyl (C=O) groups is 1. The molecule has 25 heavy (non-hydrogen) atoms. The van der Waals surface area contributed by atoms with Crippen LogP contribution < -0.4 is 19.5 Å². The van der Waals surface area contributed by atoms with Crippen molar-refractivity contribution >= 4 is 5.91 Å². The molecule has 0 saturated carbocycles. The molecular formula is C20H23NO4. The molecule has 0 radical (unpaired) electrons. The molecule has 1 aliphatic carbocycles. The van der Waals surface area contributed by atoms with E-state index in [0.29, 0.717) is 29.4 Å². The van der Waals surface area contributed by atoms with Crippen LogP contribution in [0.5, 0.6) is 17.2 Å². The van der Waals surface area contributed by atoms with Crippen LogP contribution in [0.1, 0.15) is 33.5 Å². The minimum absolute atomic E-state index is 0.210. The van der Waals surface area contributed by atoms with Crippen molar-refractivity contribution in [3.05, 3.63) is 52.6 Å². The van der Waals surface area contributed by atoms with Gasteiger partial charge < -0.3 is 19.5 Å². The van der Waals surface area contributed by atoms with Gasteiger partial charge in [0.1, 0.15) is 5.75 Å². The van der Waals surface area contributed by atoms with Crippen molar-refractivity contribution < 1.29 is 19.0 Å². The quantitative estimate of drug-likeness (QED) is 0.877. The normalized spacial score (nSPS) is 12.4. The molecule has 0 aliphatic heterocycles. The first kappa shape index (κ1) is 17.1. The van der Waals surface area contributed by atoms with Gasteiger partial charge in [-0.05, 0) is 36.0 Å². The SMILES string of the molecule is COc1cc(OC)c(C(=O)NCc2ccc3c(c2)CCC3)cc1OC. The van der Waals surface area contributed by atoms with Crippen molar-refractivity contribution in [2.24, 2.45) is 0 Å². The van der Waals surface area contributed by atoms with Gasteiger partial charge >= 0.3 is 0 Å². The lowest BCUT2D eigenvalue weighted by atomic mass is 10.1. The second-order valence-corrected chi connectivity index (χ2v) is 6.05. The highest BCUT2D eigenvalue weighted by molar-refractivity contribution is 5.97. The largest absolute Gasteiger partial charge is 0.496 e. The van der Waals surface area contributed by atoms with Crippen molar-refractivity contribution in [3.8, 4) is 17.2 Å². The summed E-state index contributed by atoms with van der Waals surface area (Å²) < 4.78 is 15.9. The van der Waals surface area contributed by atoms with Gasteiger partial charge in [0.15, 0.2) is 11.5 Å². The van der Waals surface area contributed by atoms with E-state index in [2.05, 4.69) is 23.5 Å². The Bertz CT molecular complexity index is 786. The van der Waals surface area contributed by atoms with Crippen LogP contribution in [0.15, 0.2) is 30.3 Å². The van der Waals surface area contributed by atoms with Gasteiger partial charge in [-0.1, -0.05) is 18.2 Å². The van der Waals surface area contributed by atoms with Crippen LogP contribution in [0, 0.1) is 0 Å². The Morgan fingerprint density at radius 2 is 1.60 bits per heavy atom. The summed E-state index contributed by atoms with van der Waals surface area (Å²) in [7, 11) is 4.61. The van der Waals surface area contributed by atoms with Crippen molar-refractivity contribution in [1.29, 1.82) is 0 Å². The Labute approximate surface area is 147 Å². The number of carbonyl (C=O) groups excluding carboxylic acids is 1. The van der Waals surface area contributed by atoms with Crippen molar-refractivity contribution in [1.82, 2.24) is 5.32 Å². The molecule has 0 unspecified atom stereocenters. The Morgan fingerprint density at radius 1 is 0.920 bits per heavy atom. The van der Waals surface area contributed by atoms with E-state index in [0.717, 1.165) is 18.4 Å². The highest BCUT2D eigenvalue weighted by Crippen LogP contribution is 2.34. The molecule has 0 heterocycles. The fourth-order valence-corrected chi connectivity index (χ4v) is 3.22.